The number of aryl methyl sites for hydroxylation is 1. The number of hydrogen-bond acceptors (Lipinski definition) is 2. The number of benzene rings is 3. The molecule has 3 aromatic carbocycles. The number of aromatic nitrogens is 2. The molecule has 4 aromatic rings. The monoisotopic (exact) mass is 397 g/mol. The van der Waals surface area contributed by atoms with Gasteiger partial charge in [-0.05, 0) is 30.2 Å². The lowest BCUT2D eigenvalue weighted by molar-refractivity contribution is 0.534. The van der Waals surface area contributed by atoms with Crippen molar-refractivity contribution in [2.75, 3.05) is 0 Å². The Morgan fingerprint density at radius 3 is 2.28 bits per heavy atom. The lowest BCUT2D eigenvalue weighted by atomic mass is 9.95. The summed E-state index contributed by atoms with van der Waals surface area (Å²) >= 11 is 6.05. The molecule has 0 spiro atoms. The summed E-state index contributed by atoms with van der Waals surface area (Å²) in [5, 5.41) is 5.64. The van der Waals surface area contributed by atoms with Crippen molar-refractivity contribution in [1.29, 1.82) is 0 Å². The van der Waals surface area contributed by atoms with E-state index in [9.17, 15) is 0 Å². The topological polar surface area (TPSA) is 30.2 Å². The molecule has 1 aliphatic rings. The maximum absolute atomic E-state index is 6.05. The first-order valence-electron chi connectivity index (χ1n) is 9.72. The molecule has 0 fully saturated rings. The molecule has 0 aliphatic carbocycles. The van der Waals surface area contributed by atoms with E-state index in [4.69, 9.17) is 21.7 Å². The third kappa shape index (κ3) is 3.50. The second-order valence-electron chi connectivity index (χ2n) is 7.39. The van der Waals surface area contributed by atoms with Crippen LogP contribution in [0.15, 0.2) is 89.9 Å². The van der Waals surface area contributed by atoms with Crippen molar-refractivity contribution in [2.24, 2.45) is 4.99 Å². The lowest BCUT2D eigenvalue weighted by Crippen LogP contribution is -2.21. The predicted molar refractivity (Wildman–Crippen MR) is 119 cm³/mol. The summed E-state index contributed by atoms with van der Waals surface area (Å²) in [6.45, 7) is 2.10. The van der Waals surface area contributed by atoms with Crippen molar-refractivity contribution in [3.63, 3.8) is 0 Å². The molecule has 5 rings (SSSR count). The molecule has 1 aromatic heterocycles. The van der Waals surface area contributed by atoms with Crippen molar-refractivity contribution in [1.82, 2.24) is 9.78 Å². The van der Waals surface area contributed by atoms with Crippen LogP contribution < -0.4 is 0 Å². The Balaban J connectivity index is 1.63. The smallest absolute Gasteiger partial charge is 0.151 e. The fraction of sp³-hybridized carbons (Fsp3) is 0.120. The molecule has 1 atom stereocenters. The molecule has 1 aliphatic heterocycles. The fourth-order valence-corrected chi connectivity index (χ4v) is 3.90. The van der Waals surface area contributed by atoms with E-state index < -0.39 is 0 Å². The van der Waals surface area contributed by atoms with E-state index >= 15 is 0 Å². The predicted octanol–water partition coefficient (Wildman–Crippen LogP) is 6.63. The van der Waals surface area contributed by atoms with Crippen molar-refractivity contribution in [3.8, 4) is 11.3 Å². The first-order chi connectivity index (χ1) is 14.2. The zero-order valence-electron chi connectivity index (χ0n) is 16.1. The van der Waals surface area contributed by atoms with E-state index in [0.29, 0.717) is 0 Å². The minimum atomic E-state index is 0.112. The molecule has 1 unspecified atom stereocenters. The number of rotatable bonds is 3. The van der Waals surface area contributed by atoms with Crippen LogP contribution in [0.25, 0.3) is 11.3 Å². The SMILES string of the molecule is Cc1ccc(C2=Nc3cc(-c4ccc(Cl)cc4)nn3C(c3ccccc3)C2)cc1. The van der Waals surface area contributed by atoms with Crippen LogP contribution in [0, 0.1) is 6.92 Å². The number of halogens is 1. The second kappa shape index (κ2) is 7.34. The van der Waals surface area contributed by atoms with Gasteiger partial charge in [0.15, 0.2) is 5.82 Å². The number of aliphatic imine (C=N–C) groups is 1. The van der Waals surface area contributed by atoms with Crippen LogP contribution in [0.3, 0.4) is 0 Å². The first kappa shape index (κ1) is 17.9. The molecular weight excluding hydrogens is 378 g/mol. The summed E-state index contributed by atoms with van der Waals surface area (Å²) in [5.74, 6) is 0.880. The van der Waals surface area contributed by atoms with Gasteiger partial charge < -0.3 is 0 Å². The Morgan fingerprint density at radius 1 is 0.862 bits per heavy atom. The van der Waals surface area contributed by atoms with Gasteiger partial charge in [0.05, 0.1) is 17.4 Å². The molecule has 29 heavy (non-hydrogen) atoms. The Bertz CT molecular complexity index is 1170. The van der Waals surface area contributed by atoms with E-state index in [-0.39, 0.29) is 6.04 Å². The Morgan fingerprint density at radius 2 is 1.55 bits per heavy atom. The van der Waals surface area contributed by atoms with Gasteiger partial charge in [-0.15, -0.1) is 0 Å². The van der Waals surface area contributed by atoms with E-state index in [1.54, 1.807) is 0 Å². The van der Waals surface area contributed by atoms with Crippen molar-refractivity contribution in [3.05, 3.63) is 107 Å². The third-order valence-electron chi connectivity index (χ3n) is 5.36. The Hall–Kier alpha value is -3.17. The van der Waals surface area contributed by atoms with Crippen LogP contribution in [0.4, 0.5) is 5.82 Å². The molecule has 0 bridgehead atoms. The van der Waals surface area contributed by atoms with Gasteiger partial charge in [-0.2, -0.15) is 5.10 Å². The largest absolute Gasteiger partial charge is 0.239 e. The molecule has 142 valence electrons. The highest BCUT2D eigenvalue weighted by Crippen LogP contribution is 2.36. The molecule has 3 nitrogen and oxygen atoms in total. The van der Waals surface area contributed by atoms with E-state index in [1.165, 1.54) is 11.1 Å². The van der Waals surface area contributed by atoms with Crippen LogP contribution >= 0.6 is 11.6 Å². The van der Waals surface area contributed by atoms with E-state index in [0.717, 1.165) is 39.8 Å². The van der Waals surface area contributed by atoms with E-state index in [2.05, 4.69) is 66.2 Å². The van der Waals surface area contributed by atoms with Gasteiger partial charge >= 0.3 is 0 Å². The van der Waals surface area contributed by atoms with Gasteiger partial charge in [0, 0.05) is 23.1 Å². The molecule has 2 heterocycles. The molecule has 0 amide bonds. The number of nitrogens with zero attached hydrogens (tertiary/aromatic N) is 3. The molecular formula is C25H20ClN3. The summed E-state index contributed by atoms with van der Waals surface area (Å²) in [7, 11) is 0. The summed E-state index contributed by atoms with van der Waals surface area (Å²) in [6.07, 6.45) is 0.807. The lowest BCUT2D eigenvalue weighted by Gasteiger charge is -2.25. The fourth-order valence-electron chi connectivity index (χ4n) is 3.78. The summed E-state index contributed by atoms with van der Waals surface area (Å²) in [6, 6.07) is 29.1. The van der Waals surface area contributed by atoms with Crippen molar-refractivity contribution < 1.29 is 0 Å². The average molecular weight is 398 g/mol. The number of fused-ring (bicyclic) bond motifs is 1. The average Bonchev–Trinajstić information content (AvgIpc) is 3.19. The van der Waals surface area contributed by atoms with Gasteiger partial charge in [0.25, 0.3) is 0 Å². The summed E-state index contributed by atoms with van der Waals surface area (Å²) < 4.78 is 2.05. The van der Waals surface area contributed by atoms with Crippen LogP contribution in [0.1, 0.15) is 29.2 Å². The van der Waals surface area contributed by atoms with Crippen LogP contribution in [-0.4, -0.2) is 15.5 Å². The number of hydrogen-bond donors (Lipinski definition) is 0. The highest BCUT2D eigenvalue weighted by molar-refractivity contribution is 6.30. The van der Waals surface area contributed by atoms with Crippen LogP contribution in [-0.2, 0) is 0 Å². The molecule has 0 saturated heterocycles. The molecule has 0 saturated carbocycles. The highest BCUT2D eigenvalue weighted by atomic mass is 35.5. The first-order valence-corrected chi connectivity index (χ1v) is 10.1. The molecule has 4 heteroatoms. The maximum atomic E-state index is 6.05. The highest BCUT2D eigenvalue weighted by Gasteiger charge is 2.26. The third-order valence-corrected chi connectivity index (χ3v) is 5.61. The van der Waals surface area contributed by atoms with Crippen LogP contribution in [0.2, 0.25) is 5.02 Å². The molecule has 0 N–H and O–H groups in total. The van der Waals surface area contributed by atoms with Gasteiger partial charge in [-0.3, -0.25) is 0 Å². The minimum absolute atomic E-state index is 0.112. The van der Waals surface area contributed by atoms with Gasteiger partial charge in [-0.25, -0.2) is 9.67 Å². The standard InChI is InChI=1S/C25H20ClN3/c1-17-7-9-18(10-8-17)22-15-24(20-5-3-2-4-6-20)29-25(27-22)16-23(28-29)19-11-13-21(26)14-12-19/h2-14,16,24H,15H2,1H3. The zero-order valence-corrected chi connectivity index (χ0v) is 16.8. The quantitative estimate of drug-likeness (QED) is 0.381. The van der Waals surface area contributed by atoms with Crippen molar-refractivity contribution in [2.45, 2.75) is 19.4 Å². The maximum Gasteiger partial charge on any atom is 0.151 e. The normalized spacial score (nSPS) is 15.7. The van der Waals surface area contributed by atoms with Gasteiger partial charge in [0.2, 0.25) is 0 Å². The van der Waals surface area contributed by atoms with Crippen molar-refractivity contribution >= 4 is 23.1 Å². The van der Waals surface area contributed by atoms with Gasteiger partial charge in [0.1, 0.15) is 0 Å². The Labute approximate surface area is 175 Å². The summed E-state index contributed by atoms with van der Waals surface area (Å²) in [4.78, 5) is 4.98. The van der Waals surface area contributed by atoms with Gasteiger partial charge in [-0.1, -0.05) is 83.9 Å². The Kier molecular flexibility index (Phi) is 4.53. The van der Waals surface area contributed by atoms with Crippen LogP contribution in [0.5, 0.6) is 0 Å². The molecule has 0 radical (unpaired) electrons. The zero-order chi connectivity index (χ0) is 19.8. The minimum Gasteiger partial charge on any atom is -0.239 e. The van der Waals surface area contributed by atoms with E-state index in [1.807, 2.05) is 30.3 Å². The second-order valence-corrected chi connectivity index (χ2v) is 7.83. The summed E-state index contributed by atoms with van der Waals surface area (Å²) in [5.41, 5.74) is 6.69.